The van der Waals surface area contributed by atoms with Crippen LogP contribution in [-0.2, 0) is 6.54 Å². The fraction of sp³-hybridized carbons (Fsp3) is 0.385. The van der Waals surface area contributed by atoms with E-state index in [4.69, 9.17) is 21.9 Å². The van der Waals surface area contributed by atoms with Crippen LogP contribution in [0.4, 0.5) is 5.69 Å². The Bertz CT molecular complexity index is 578. The van der Waals surface area contributed by atoms with Crippen molar-refractivity contribution >= 4 is 17.3 Å². The summed E-state index contributed by atoms with van der Waals surface area (Å²) in [5, 5.41) is 4.61. The molecule has 1 aliphatic heterocycles. The Kier molecular flexibility index (Phi) is 3.40. The Morgan fingerprint density at radius 2 is 2.11 bits per heavy atom. The van der Waals surface area contributed by atoms with Gasteiger partial charge in [0, 0.05) is 18.7 Å². The first kappa shape index (κ1) is 12.4. The standard InChI is InChI=1S/C13H15ClN4O/c14-10-7-9(13-16-12(8-15)19-17-13)3-4-11(10)18-5-1-2-6-18/h3-4,7H,1-2,5-6,8,15H2. The monoisotopic (exact) mass is 278 g/mol. The predicted octanol–water partition coefficient (Wildman–Crippen LogP) is 2.45. The molecule has 5 nitrogen and oxygen atoms in total. The van der Waals surface area contributed by atoms with Crippen molar-refractivity contribution in [1.82, 2.24) is 10.1 Å². The van der Waals surface area contributed by atoms with Gasteiger partial charge >= 0.3 is 0 Å². The molecule has 2 N–H and O–H groups in total. The molecule has 0 amide bonds. The minimum absolute atomic E-state index is 0.243. The second-order valence-electron chi connectivity index (χ2n) is 4.58. The van der Waals surface area contributed by atoms with E-state index in [9.17, 15) is 0 Å². The largest absolute Gasteiger partial charge is 0.370 e. The lowest BCUT2D eigenvalue weighted by Crippen LogP contribution is -2.17. The van der Waals surface area contributed by atoms with E-state index in [-0.39, 0.29) is 6.54 Å². The topological polar surface area (TPSA) is 68.2 Å². The van der Waals surface area contributed by atoms with E-state index >= 15 is 0 Å². The normalized spacial score (nSPS) is 15.2. The molecule has 1 aromatic heterocycles. The highest BCUT2D eigenvalue weighted by atomic mass is 35.5. The van der Waals surface area contributed by atoms with Crippen molar-refractivity contribution in [3.63, 3.8) is 0 Å². The van der Waals surface area contributed by atoms with Gasteiger partial charge < -0.3 is 15.2 Å². The van der Waals surface area contributed by atoms with Crippen molar-refractivity contribution < 1.29 is 4.52 Å². The van der Waals surface area contributed by atoms with Gasteiger partial charge in [-0.1, -0.05) is 16.8 Å². The van der Waals surface area contributed by atoms with Crippen LogP contribution in [0.5, 0.6) is 0 Å². The van der Waals surface area contributed by atoms with Gasteiger partial charge in [0.25, 0.3) is 0 Å². The molecular formula is C13H15ClN4O. The molecule has 1 aliphatic rings. The molecule has 19 heavy (non-hydrogen) atoms. The van der Waals surface area contributed by atoms with Gasteiger partial charge in [0.1, 0.15) is 0 Å². The van der Waals surface area contributed by atoms with Gasteiger partial charge in [-0.05, 0) is 31.0 Å². The van der Waals surface area contributed by atoms with Crippen LogP contribution in [0.2, 0.25) is 5.02 Å². The van der Waals surface area contributed by atoms with Gasteiger partial charge in [-0.3, -0.25) is 0 Å². The average molecular weight is 279 g/mol. The summed E-state index contributed by atoms with van der Waals surface area (Å²) in [4.78, 5) is 6.49. The molecule has 6 heteroatoms. The summed E-state index contributed by atoms with van der Waals surface area (Å²) in [6.07, 6.45) is 2.45. The molecule has 0 unspecified atom stereocenters. The number of anilines is 1. The first-order valence-electron chi connectivity index (χ1n) is 6.35. The number of nitrogens with two attached hydrogens (primary N) is 1. The smallest absolute Gasteiger partial charge is 0.240 e. The Morgan fingerprint density at radius 3 is 2.74 bits per heavy atom. The van der Waals surface area contributed by atoms with Gasteiger partial charge in [-0.25, -0.2) is 0 Å². The van der Waals surface area contributed by atoms with Crippen molar-refractivity contribution in [3.8, 4) is 11.4 Å². The lowest BCUT2D eigenvalue weighted by Gasteiger charge is -2.19. The summed E-state index contributed by atoms with van der Waals surface area (Å²) in [5.74, 6) is 0.949. The third-order valence-corrected chi connectivity index (χ3v) is 3.60. The average Bonchev–Trinajstić information content (AvgIpc) is 3.10. The van der Waals surface area contributed by atoms with Crippen molar-refractivity contribution in [1.29, 1.82) is 0 Å². The number of rotatable bonds is 3. The molecule has 0 radical (unpaired) electrons. The SMILES string of the molecule is NCc1nc(-c2ccc(N3CCCC3)c(Cl)c2)no1. The van der Waals surface area contributed by atoms with E-state index in [1.165, 1.54) is 12.8 Å². The van der Waals surface area contributed by atoms with Crippen LogP contribution in [0.15, 0.2) is 22.7 Å². The number of benzene rings is 1. The zero-order valence-corrected chi connectivity index (χ0v) is 11.2. The van der Waals surface area contributed by atoms with Crippen LogP contribution in [0, 0.1) is 0 Å². The zero-order valence-electron chi connectivity index (χ0n) is 10.5. The molecule has 100 valence electrons. The third kappa shape index (κ3) is 2.43. The number of hydrogen-bond acceptors (Lipinski definition) is 5. The first-order chi connectivity index (χ1) is 9.28. The highest BCUT2D eigenvalue weighted by molar-refractivity contribution is 6.33. The molecule has 2 heterocycles. The summed E-state index contributed by atoms with van der Waals surface area (Å²) >= 11 is 6.35. The Morgan fingerprint density at radius 1 is 1.32 bits per heavy atom. The third-order valence-electron chi connectivity index (χ3n) is 3.30. The van der Waals surface area contributed by atoms with E-state index in [1.807, 2.05) is 18.2 Å². The Hall–Kier alpha value is -1.59. The van der Waals surface area contributed by atoms with Crippen LogP contribution < -0.4 is 10.6 Å². The van der Waals surface area contributed by atoms with Crippen LogP contribution in [0.3, 0.4) is 0 Å². The Labute approximate surface area is 116 Å². The predicted molar refractivity (Wildman–Crippen MR) is 74.1 cm³/mol. The summed E-state index contributed by atoms with van der Waals surface area (Å²) in [5.41, 5.74) is 7.37. The number of halogens is 1. The summed E-state index contributed by atoms with van der Waals surface area (Å²) in [6.45, 7) is 2.38. The maximum atomic E-state index is 6.35. The van der Waals surface area contributed by atoms with Gasteiger partial charge in [-0.2, -0.15) is 4.98 Å². The molecule has 2 aromatic rings. The molecule has 1 fully saturated rings. The fourth-order valence-electron chi connectivity index (χ4n) is 2.32. The summed E-state index contributed by atoms with van der Waals surface area (Å²) in [7, 11) is 0. The maximum absolute atomic E-state index is 6.35. The van der Waals surface area contributed by atoms with E-state index < -0.39 is 0 Å². The van der Waals surface area contributed by atoms with E-state index in [0.717, 1.165) is 29.4 Å². The minimum atomic E-state index is 0.243. The molecule has 3 rings (SSSR count). The number of nitrogens with zero attached hydrogens (tertiary/aromatic N) is 3. The molecule has 0 spiro atoms. The number of aromatic nitrogens is 2. The molecule has 0 bridgehead atoms. The van der Waals surface area contributed by atoms with E-state index in [2.05, 4.69) is 15.0 Å². The van der Waals surface area contributed by atoms with Gasteiger partial charge in [-0.15, -0.1) is 0 Å². The lowest BCUT2D eigenvalue weighted by molar-refractivity contribution is 0.380. The zero-order chi connectivity index (χ0) is 13.2. The second kappa shape index (κ2) is 5.19. The van der Waals surface area contributed by atoms with E-state index in [0.29, 0.717) is 11.7 Å². The molecule has 0 saturated carbocycles. The maximum Gasteiger partial charge on any atom is 0.240 e. The van der Waals surface area contributed by atoms with Crippen LogP contribution in [-0.4, -0.2) is 23.2 Å². The quantitative estimate of drug-likeness (QED) is 0.934. The highest BCUT2D eigenvalue weighted by Crippen LogP contribution is 2.32. The van der Waals surface area contributed by atoms with Crippen molar-refractivity contribution in [2.24, 2.45) is 5.73 Å². The molecule has 0 aliphatic carbocycles. The lowest BCUT2D eigenvalue weighted by atomic mass is 10.2. The van der Waals surface area contributed by atoms with Crippen LogP contribution >= 0.6 is 11.6 Å². The van der Waals surface area contributed by atoms with Crippen LogP contribution in [0.1, 0.15) is 18.7 Å². The molecule has 1 saturated heterocycles. The summed E-state index contributed by atoms with van der Waals surface area (Å²) in [6, 6.07) is 5.85. The van der Waals surface area contributed by atoms with Crippen molar-refractivity contribution in [2.45, 2.75) is 19.4 Å². The second-order valence-corrected chi connectivity index (χ2v) is 4.98. The van der Waals surface area contributed by atoms with Gasteiger partial charge in [0.05, 0.1) is 17.3 Å². The van der Waals surface area contributed by atoms with Gasteiger partial charge in [0.15, 0.2) is 0 Å². The summed E-state index contributed by atoms with van der Waals surface area (Å²) < 4.78 is 5.00. The Balaban J connectivity index is 1.90. The van der Waals surface area contributed by atoms with Gasteiger partial charge in [0.2, 0.25) is 11.7 Å². The van der Waals surface area contributed by atoms with E-state index in [1.54, 1.807) is 0 Å². The number of hydrogen-bond donors (Lipinski definition) is 1. The first-order valence-corrected chi connectivity index (χ1v) is 6.73. The highest BCUT2D eigenvalue weighted by Gasteiger charge is 2.16. The fourth-order valence-corrected chi connectivity index (χ4v) is 2.62. The molecule has 0 atom stereocenters. The van der Waals surface area contributed by atoms with Crippen molar-refractivity contribution in [3.05, 3.63) is 29.1 Å². The minimum Gasteiger partial charge on any atom is -0.370 e. The van der Waals surface area contributed by atoms with Crippen molar-refractivity contribution in [2.75, 3.05) is 18.0 Å². The van der Waals surface area contributed by atoms with Crippen LogP contribution in [0.25, 0.3) is 11.4 Å². The molecule has 1 aromatic carbocycles. The molecular weight excluding hydrogens is 264 g/mol.